The fourth-order valence-electron chi connectivity index (χ4n) is 0.997. The van der Waals surface area contributed by atoms with Crippen LogP contribution >= 0.6 is 0 Å². The molecule has 0 aromatic carbocycles. The van der Waals surface area contributed by atoms with Crippen molar-refractivity contribution in [2.24, 2.45) is 5.92 Å². The molecule has 0 heterocycles. The van der Waals surface area contributed by atoms with Crippen LogP contribution in [0.15, 0.2) is 24.0 Å². The molecule has 14 heavy (non-hydrogen) atoms. The number of esters is 1. The Morgan fingerprint density at radius 3 is 2.29 bits per heavy atom. The number of carbonyl (C=O) groups excluding carboxylic acids is 1. The van der Waals surface area contributed by atoms with Crippen LogP contribution in [0.1, 0.15) is 20.3 Å². The third-order valence-corrected chi connectivity index (χ3v) is 1.90. The highest BCUT2D eigenvalue weighted by Crippen LogP contribution is 2.17. The van der Waals surface area contributed by atoms with Gasteiger partial charge in [0.15, 0.2) is 0 Å². The lowest BCUT2D eigenvalue weighted by Gasteiger charge is -2.14. The zero-order valence-corrected chi connectivity index (χ0v) is 9.29. The number of hydrogen-bond acceptors (Lipinski definition) is 3. The van der Waals surface area contributed by atoms with Gasteiger partial charge in [0.1, 0.15) is 11.7 Å². The monoisotopic (exact) mass is 198 g/mol. The average molecular weight is 198 g/mol. The highest BCUT2D eigenvalue weighted by atomic mass is 16.5. The summed E-state index contributed by atoms with van der Waals surface area (Å²) >= 11 is 0. The van der Waals surface area contributed by atoms with E-state index in [2.05, 4.69) is 11.3 Å². The van der Waals surface area contributed by atoms with Crippen molar-refractivity contribution < 1.29 is 14.3 Å². The van der Waals surface area contributed by atoms with Crippen molar-refractivity contribution in [2.75, 3.05) is 14.2 Å². The van der Waals surface area contributed by atoms with Crippen LogP contribution in [-0.4, -0.2) is 20.2 Å². The largest absolute Gasteiger partial charge is 0.501 e. The Bertz CT molecular complexity index is 221. The first-order chi connectivity index (χ1) is 6.52. The van der Waals surface area contributed by atoms with Crippen LogP contribution in [0.25, 0.3) is 0 Å². The van der Waals surface area contributed by atoms with Crippen LogP contribution in [0.4, 0.5) is 0 Å². The van der Waals surface area contributed by atoms with Crippen LogP contribution in [0, 0.1) is 5.92 Å². The highest BCUT2D eigenvalue weighted by Gasteiger charge is 2.21. The van der Waals surface area contributed by atoms with Crippen molar-refractivity contribution >= 4 is 5.97 Å². The molecule has 0 fully saturated rings. The Kier molecular flexibility index (Phi) is 5.68. The van der Waals surface area contributed by atoms with Gasteiger partial charge in [-0.2, -0.15) is 0 Å². The van der Waals surface area contributed by atoms with Gasteiger partial charge in [-0.15, -0.1) is 0 Å². The number of methoxy groups -OCH3 is 2. The maximum atomic E-state index is 11.3. The second-order valence-corrected chi connectivity index (χ2v) is 3.26. The maximum Gasteiger partial charge on any atom is 0.316 e. The molecule has 0 rings (SSSR count). The van der Waals surface area contributed by atoms with Gasteiger partial charge in [-0.3, -0.25) is 4.79 Å². The van der Waals surface area contributed by atoms with E-state index in [1.807, 2.05) is 19.9 Å². The van der Waals surface area contributed by atoms with E-state index >= 15 is 0 Å². The molecule has 0 saturated heterocycles. The van der Waals surface area contributed by atoms with Crippen molar-refractivity contribution in [2.45, 2.75) is 20.3 Å². The highest BCUT2D eigenvalue weighted by molar-refractivity contribution is 5.75. The Balaban J connectivity index is 4.48. The predicted octanol–water partition coefficient (Wildman–Crippen LogP) is 2.29. The summed E-state index contributed by atoms with van der Waals surface area (Å²) < 4.78 is 9.60. The van der Waals surface area contributed by atoms with Gasteiger partial charge >= 0.3 is 5.97 Å². The summed E-state index contributed by atoms with van der Waals surface area (Å²) in [5.74, 6) is -0.274. The van der Waals surface area contributed by atoms with Crippen LogP contribution < -0.4 is 0 Å². The number of rotatable bonds is 5. The summed E-state index contributed by atoms with van der Waals surface area (Å²) in [5.41, 5.74) is 1.16. The van der Waals surface area contributed by atoms with E-state index in [1.54, 1.807) is 0 Å². The topological polar surface area (TPSA) is 35.5 Å². The van der Waals surface area contributed by atoms with E-state index < -0.39 is 5.92 Å². The van der Waals surface area contributed by atoms with Gasteiger partial charge < -0.3 is 9.47 Å². The zero-order valence-electron chi connectivity index (χ0n) is 9.29. The molecule has 0 aromatic rings. The number of carbonyl (C=O) groups is 1. The second kappa shape index (κ2) is 6.24. The maximum absolute atomic E-state index is 11.3. The zero-order chi connectivity index (χ0) is 11.1. The number of allylic oxidation sites excluding steroid dienone is 2. The lowest BCUT2D eigenvalue weighted by molar-refractivity contribution is -0.145. The lowest BCUT2D eigenvalue weighted by Crippen LogP contribution is -2.18. The van der Waals surface area contributed by atoms with E-state index in [0.29, 0.717) is 12.2 Å². The van der Waals surface area contributed by atoms with Gasteiger partial charge in [0.2, 0.25) is 0 Å². The smallest absolute Gasteiger partial charge is 0.316 e. The minimum atomic E-state index is -0.403. The van der Waals surface area contributed by atoms with Crippen molar-refractivity contribution in [3.63, 3.8) is 0 Å². The first-order valence-corrected chi connectivity index (χ1v) is 4.46. The number of hydrogen-bond donors (Lipinski definition) is 0. The van der Waals surface area contributed by atoms with Gasteiger partial charge in [-0.05, 0) is 20.3 Å². The third kappa shape index (κ3) is 4.12. The summed E-state index contributed by atoms with van der Waals surface area (Å²) in [6, 6.07) is 0. The molecule has 3 nitrogen and oxygen atoms in total. The fourth-order valence-corrected chi connectivity index (χ4v) is 0.997. The predicted molar refractivity (Wildman–Crippen MR) is 55.7 cm³/mol. The van der Waals surface area contributed by atoms with Crippen molar-refractivity contribution in [1.29, 1.82) is 0 Å². The molecule has 0 amide bonds. The molecule has 0 bridgehead atoms. The van der Waals surface area contributed by atoms with Crippen LogP contribution in [0.2, 0.25) is 0 Å². The summed E-state index contributed by atoms with van der Waals surface area (Å²) in [4.78, 5) is 11.3. The van der Waals surface area contributed by atoms with Gasteiger partial charge in [0, 0.05) is 0 Å². The Hall–Kier alpha value is -1.25. The van der Waals surface area contributed by atoms with Crippen LogP contribution in [0.3, 0.4) is 0 Å². The summed E-state index contributed by atoms with van der Waals surface area (Å²) in [6.45, 7) is 7.62. The Morgan fingerprint density at radius 2 is 1.93 bits per heavy atom. The SMILES string of the molecule is C=C(OC)C(CC=C(C)C)C(=O)OC. The Labute approximate surface area is 85.4 Å². The van der Waals surface area contributed by atoms with Gasteiger partial charge in [0.05, 0.1) is 14.2 Å². The summed E-state index contributed by atoms with van der Waals surface area (Å²) in [7, 11) is 2.86. The van der Waals surface area contributed by atoms with Gasteiger partial charge in [0.25, 0.3) is 0 Å². The van der Waals surface area contributed by atoms with E-state index in [-0.39, 0.29) is 5.97 Å². The Morgan fingerprint density at radius 1 is 1.36 bits per heavy atom. The molecule has 0 radical (unpaired) electrons. The molecule has 0 saturated carbocycles. The molecule has 0 aliphatic rings. The summed E-state index contributed by atoms with van der Waals surface area (Å²) in [5, 5.41) is 0. The normalized spacial score (nSPS) is 11.4. The number of ether oxygens (including phenoxy) is 2. The molecule has 1 atom stereocenters. The van der Waals surface area contributed by atoms with Crippen molar-refractivity contribution in [3.05, 3.63) is 24.0 Å². The van der Waals surface area contributed by atoms with Crippen LogP contribution in [0.5, 0.6) is 0 Å². The molecule has 0 N–H and O–H groups in total. The molecule has 3 heteroatoms. The van der Waals surface area contributed by atoms with Crippen molar-refractivity contribution in [3.8, 4) is 0 Å². The molecule has 1 unspecified atom stereocenters. The van der Waals surface area contributed by atoms with E-state index in [1.165, 1.54) is 14.2 Å². The summed E-state index contributed by atoms with van der Waals surface area (Å²) in [6.07, 6.45) is 2.54. The molecule has 0 aliphatic carbocycles. The second-order valence-electron chi connectivity index (χ2n) is 3.26. The van der Waals surface area contributed by atoms with Crippen molar-refractivity contribution in [1.82, 2.24) is 0 Å². The third-order valence-electron chi connectivity index (χ3n) is 1.90. The van der Waals surface area contributed by atoms with Crippen LogP contribution in [-0.2, 0) is 14.3 Å². The van der Waals surface area contributed by atoms with E-state index in [0.717, 1.165) is 5.57 Å². The first-order valence-electron chi connectivity index (χ1n) is 4.46. The standard InChI is InChI=1S/C11H18O3/c1-8(2)6-7-10(9(3)13-4)11(12)14-5/h6,10H,3,7H2,1-2,4-5H3. The quantitative estimate of drug-likeness (QED) is 0.386. The first kappa shape index (κ1) is 12.8. The molecular weight excluding hydrogens is 180 g/mol. The minimum absolute atomic E-state index is 0.311. The minimum Gasteiger partial charge on any atom is -0.501 e. The van der Waals surface area contributed by atoms with E-state index in [9.17, 15) is 4.79 Å². The molecule has 80 valence electrons. The molecule has 0 aliphatic heterocycles. The molecule has 0 aromatic heterocycles. The average Bonchev–Trinajstić information content (AvgIpc) is 2.16. The molecule has 0 spiro atoms. The van der Waals surface area contributed by atoms with Gasteiger partial charge in [-0.1, -0.05) is 18.2 Å². The lowest BCUT2D eigenvalue weighted by atomic mass is 10.0. The van der Waals surface area contributed by atoms with Gasteiger partial charge in [-0.25, -0.2) is 0 Å². The molecular formula is C11H18O3. The van der Waals surface area contributed by atoms with E-state index in [4.69, 9.17) is 4.74 Å². The fraction of sp³-hybridized carbons (Fsp3) is 0.545.